The molecule has 0 bridgehead atoms. The minimum absolute atomic E-state index is 0.0523. The minimum atomic E-state index is -0.220. The number of hydrogen-bond acceptors (Lipinski definition) is 2. The molecule has 1 aromatic carbocycles. The number of carbonyl (C=O) groups excluding carboxylic acids is 1. The smallest absolute Gasteiger partial charge is 0.241 e. The van der Waals surface area contributed by atoms with Crippen LogP contribution >= 0.6 is 0 Å². The first-order valence-electron chi connectivity index (χ1n) is 6.45. The van der Waals surface area contributed by atoms with E-state index in [0.29, 0.717) is 0 Å². The van der Waals surface area contributed by atoms with Crippen LogP contribution in [-0.2, 0) is 11.2 Å². The van der Waals surface area contributed by atoms with Gasteiger partial charge in [0.15, 0.2) is 0 Å². The van der Waals surface area contributed by atoms with Crippen LogP contribution in [0.2, 0.25) is 0 Å². The highest BCUT2D eigenvalue weighted by molar-refractivity contribution is 5.84. The van der Waals surface area contributed by atoms with Gasteiger partial charge in [0, 0.05) is 12.6 Å². The first-order chi connectivity index (χ1) is 8.72. The van der Waals surface area contributed by atoms with Crippen LogP contribution in [-0.4, -0.2) is 18.5 Å². The van der Waals surface area contributed by atoms with E-state index < -0.39 is 0 Å². The van der Waals surface area contributed by atoms with Crippen LogP contribution in [0.3, 0.4) is 0 Å². The molecule has 0 saturated carbocycles. The lowest BCUT2D eigenvalue weighted by atomic mass is 9.94. The Morgan fingerprint density at radius 1 is 1.61 bits per heavy atom. The summed E-state index contributed by atoms with van der Waals surface area (Å²) in [6, 6.07) is 8.06. The van der Waals surface area contributed by atoms with Crippen LogP contribution in [0.25, 0.3) is 0 Å². The fraction of sp³-hybridized carbons (Fsp3) is 0.400. The van der Waals surface area contributed by atoms with E-state index in [1.165, 1.54) is 5.56 Å². The van der Waals surface area contributed by atoms with E-state index in [9.17, 15) is 4.79 Å². The summed E-state index contributed by atoms with van der Waals surface area (Å²) >= 11 is 0. The third kappa shape index (κ3) is 2.79. The summed E-state index contributed by atoms with van der Waals surface area (Å²) in [4.78, 5) is 12.2. The highest BCUT2D eigenvalue weighted by Gasteiger charge is 2.26. The van der Waals surface area contributed by atoms with E-state index in [1.807, 2.05) is 31.2 Å². The summed E-state index contributed by atoms with van der Waals surface area (Å²) in [7, 11) is 0. The number of fused-ring (bicyclic) bond motifs is 1. The lowest BCUT2D eigenvalue weighted by molar-refractivity contribution is -0.124. The molecule has 2 N–H and O–H groups in total. The first kappa shape index (κ1) is 12.8. The van der Waals surface area contributed by atoms with E-state index >= 15 is 0 Å². The van der Waals surface area contributed by atoms with Crippen LogP contribution in [0.15, 0.2) is 36.9 Å². The molecule has 0 aromatic heterocycles. The third-order valence-corrected chi connectivity index (χ3v) is 3.28. The number of carbonyl (C=O) groups is 1. The molecule has 1 aromatic rings. The second kappa shape index (κ2) is 5.83. The van der Waals surface area contributed by atoms with Gasteiger partial charge in [-0.2, -0.15) is 0 Å². The summed E-state index contributed by atoms with van der Waals surface area (Å²) in [6.07, 6.45) is 3.61. The maximum absolute atomic E-state index is 12.2. The zero-order valence-electron chi connectivity index (χ0n) is 10.8. The molecule has 3 nitrogen and oxygen atoms in total. The second-order valence-electron chi connectivity index (χ2n) is 4.77. The normalized spacial score (nSPS) is 19.7. The molecule has 18 heavy (non-hydrogen) atoms. The molecule has 0 aliphatic carbocycles. The zero-order valence-corrected chi connectivity index (χ0v) is 10.8. The summed E-state index contributed by atoms with van der Waals surface area (Å²) in [5.41, 5.74) is 2.37. The quantitative estimate of drug-likeness (QED) is 0.795. The van der Waals surface area contributed by atoms with Gasteiger partial charge < -0.3 is 10.6 Å². The number of hydrogen-bond donors (Lipinski definition) is 2. The highest BCUT2D eigenvalue weighted by Crippen LogP contribution is 2.22. The highest BCUT2D eigenvalue weighted by atomic mass is 16.2. The Kier molecular flexibility index (Phi) is 4.15. The lowest BCUT2D eigenvalue weighted by Crippen LogP contribution is -2.44. The first-order valence-corrected chi connectivity index (χ1v) is 6.45. The maximum Gasteiger partial charge on any atom is 0.241 e. The van der Waals surface area contributed by atoms with Crippen LogP contribution in [0, 0.1) is 0 Å². The van der Waals surface area contributed by atoms with Gasteiger partial charge in [0.05, 0.1) is 0 Å². The van der Waals surface area contributed by atoms with Gasteiger partial charge in [-0.3, -0.25) is 4.79 Å². The molecule has 2 atom stereocenters. The molecule has 3 heteroatoms. The molecule has 0 spiro atoms. The Balaban J connectivity index is 2.10. The van der Waals surface area contributed by atoms with Gasteiger partial charge in [0.2, 0.25) is 5.91 Å². The van der Waals surface area contributed by atoms with E-state index in [2.05, 4.69) is 23.3 Å². The minimum Gasteiger partial charge on any atom is -0.352 e. The third-order valence-electron chi connectivity index (χ3n) is 3.28. The van der Waals surface area contributed by atoms with Gasteiger partial charge in [-0.15, -0.1) is 6.58 Å². The molecular weight excluding hydrogens is 224 g/mol. The summed E-state index contributed by atoms with van der Waals surface area (Å²) in [5.74, 6) is 0.0523. The second-order valence-corrected chi connectivity index (χ2v) is 4.77. The van der Waals surface area contributed by atoms with Gasteiger partial charge >= 0.3 is 0 Å². The predicted molar refractivity (Wildman–Crippen MR) is 73.3 cm³/mol. The molecule has 0 radical (unpaired) electrons. The molecule has 2 rings (SSSR count). The maximum atomic E-state index is 12.2. The van der Waals surface area contributed by atoms with E-state index in [-0.39, 0.29) is 18.0 Å². The Hall–Kier alpha value is -1.61. The molecule has 1 heterocycles. The molecule has 0 fully saturated rings. The standard InChI is InChI=1S/C15H20N2O/c1-3-6-11(2)17-15(18)14-13-8-5-4-7-12(13)9-10-16-14/h3-5,7-8,11,14,16H,1,6,9-10H2,2H3,(H,17,18). The SMILES string of the molecule is C=CCC(C)NC(=O)C1NCCc2ccccc21. The topological polar surface area (TPSA) is 41.1 Å². The Morgan fingerprint density at radius 3 is 3.17 bits per heavy atom. The number of rotatable bonds is 4. The fourth-order valence-corrected chi connectivity index (χ4v) is 2.37. The molecular formula is C15H20N2O. The van der Waals surface area contributed by atoms with Gasteiger partial charge in [-0.1, -0.05) is 30.3 Å². The summed E-state index contributed by atoms with van der Waals surface area (Å²) in [5, 5.41) is 6.30. The van der Waals surface area contributed by atoms with E-state index in [4.69, 9.17) is 0 Å². The van der Waals surface area contributed by atoms with E-state index in [1.54, 1.807) is 0 Å². The van der Waals surface area contributed by atoms with Crippen molar-refractivity contribution in [1.29, 1.82) is 0 Å². The van der Waals surface area contributed by atoms with Crippen molar-refractivity contribution in [3.63, 3.8) is 0 Å². The monoisotopic (exact) mass is 244 g/mol. The van der Waals surface area contributed by atoms with Crippen molar-refractivity contribution in [2.24, 2.45) is 0 Å². The number of nitrogens with one attached hydrogen (secondary N) is 2. The van der Waals surface area contributed by atoms with Crippen LogP contribution < -0.4 is 10.6 Å². The predicted octanol–water partition coefficient (Wildman–Crippen LogP) is 1.95. The van der Waals surface area contributed by atoms with Crippen LogP contribution in [0.5, 0.6) is 0 Å². The molecule has 0 saturated heterocycles. The van der Waals surface area contributed by atoms with Crippen molar-refractivity contribution >= 4 is 5.91 Å². The van der Waals surface area contributed by atoms with Gasteiger partial charge in [-0.05, 0) is 30.9 Å². The molecule has 2 unspecified atom stereocenters. The summed E-state index contributed by atoms with van der Waals surface area (Å²) < 4.78 is 0. The Labute approximate surface area is 108 Å². The molecule has 1 aliphatic rings. The zero-order chi connectivity index (χ0) is 13.0. The lowest BCUT2D eigenvalue weighted by Gasteiger charge is -2.27. The molecule has 96 valence electrons. The van der Waals surface area contributed by atoms with Crippen molar-refractivity contribution in [2.45, 2.75) is 31.8 Å². The van der Waals surface area contributed by atoms with Crippen molar-refractivity contribution in [1.82, 2.24) is 10.6 Å². The van der Waals surface area contributed by atoms with Crippen molar-refractivity contribution in [3.05, 3.63) is 48.0 Å². The van der Waals surface area contributed by atoms with Gasteiger partial charge in [0.1, 0.15) is 6.04 Å². The average Bonchev–Trinajstić information content (AvgIpc) is 2.38. The van der Waals surface area contributed by atoms with Gasteiger partial charge in [-0.25, -0.2) is 0 Å². The number of amides is 1. The van der Waals surface area contributed by atoms with Crippen molar-refractivity contribution in [3.8, 4) is 0 Å². The Bertz CT molecular complexity index is 442. The number of benzene rings is 1. The average molecular weight is 244 g/mol. The Morgan fingerprint density at radius 2 is 2.39 bits per heavy atom. The molecule has 1 amide bonds. The van der Waals surface area contributed by atoms with Crippen LogP contribution in [0.1, 0.15) is 30.5 Å². The van der Waals surface area contributed by atoms with Crippen molar-refractivity contribution < 1.29 is 4.79 Å². The largest absolute Gasteiger partial charge is 0.352 e. The van der Waals surface area contributed by atoms with Gasteiger partial charge in [0.25, 0.3) is 0 Å². The van der Waals surface area contributed by atoms with Crippen LogP contribution in [0.4, 0.5) is 0 Å². The molecule has 1 aliphatic heterocycles. The van der Waals surface area contributed by atoms with Crippen molar-refractivity contribution in [2.75, 3.05) is 6.54 Å². The fourth-order valence-electron chi connectivity index (χ4n) is 2.37. The summed E-state index contributed by atoms with van der Waals surface area (Å²) in [6.45, 7) is 6.54. The van der Waals surface area contributed by atoms with E-state index in [0.717, 1.165) is 24.9 Å².